The van der Waals surface area contributed by atoms with E-state index in [0.29, 0.717) is 19.0 Å². The van der Waals surface area contributed by atoms with Gasteiger partial charge in [0, 0.05) is 0 Å². The average molecular weight is 310 g/mol. The second kappa shape index (κ2) is 5.11. The van der Waals surface area contributed by atoms with Crippen molar-refractivity contribution in [2.45, 2.75) is 63.7 Å². The summed E-state index contributed by atoms with van der Waals surface area (Å²) in [5.74, 6) is 0.475. The molecule has 0 bridgehead atoms. The summed E-state index contributed by atoms with van der Waals surface area (Å²) in [6.07, 6.45) is 3.47. The lowest BCUT2D eigenvalue weighted by Crippen LogP contribution is -2.67. The average Bonchev–Trinajstić information content (AvgIpc) is 3.22. The number of alkyl carbamates (subject to hydrolysis) is 1. The molecule has 0 aromatic heterocycles. The highest BCUT2D eigenvalue weighted by Gasteiger charge is 2.55. The minimum Gasteiger partial charge on any atom is -0.444 e. The fourth-order valence-electron chi connectivity index (χ4n) is 3.09. The van der Waals surface area contributed by atoms with E-state index in [9.17, 15) is 14.7 Å². The lowest BCUT2D eigenvalue weighted by Gasteiger charge is -2.48. The van der Waals surface area contributed by atoms with E-state index in [4.69, 9.17) is 4.74 Å². The smallest absolute Gasteiger partial charge is 0.408 e. The molecular weight excluding hydrogens is 284 g/mol. The normalized spacial score (nSPS) is 25.2. The van der Waals surface area contributed by atoms with Gasteiger partial charge >= 0.3 is 6.09 Å². The molecule has 1 heterocycles. The van der Waals surface area contributed by atoms with Crippen molar-refractivity contribution < 1.29 is 19.4 Å². The first-order valence-corrected chi connectivity index (χ1v) is 8.19. The molecule has 2 saturated carbocycles. The Morgan fingerprint density at radius 2 is 1.82 bits per heavy atom. The molecule has 3 fully saturated rings. The molecule has 22 heavy (non-hydrogen) atoms. The van der Waals surface area contributed by atoms with Gasteiger partial charge in [-0.25, -0.2) is 4.79 Å². The van der Waals surface area contributed by atoms with Gasteiger partial charge in [0.25, 0.3) is 0 Å². The van der Waals surface area contributed by atoms with Gasteiger partial charge in [0.05, 0.1) is 13.1 Å². The number of β-amino-alcohol motifs (C(OH)–C–C–N with tert-alkyl or cyclic N) is 1. The van der Waals surface area contributed by atoms with Crippen LogP contribution in [-0.2, 0) is 9.53 Å². The Balaban J connectivity index is 1.55. The Kier molecular flexibility index (Phi) is 3.62. The molecule has 6 nitrogen and oxygen atoms in total. The fraction of sp³-hybridized carbons (Fsp3) is 0.875. The van der Waals surface area contributed by atoms with Crippen molar-refractivity contribution in [3.63, 3.8) is 0 Å². The number of ether oxygens (including phenoxy) is 1. The summed E-state index contributed by atoms with van der Waals surface area (Å²) in [5.41, 5.74) is -1.26. The van der Waals surface area contributed by atoms with E-state index in [2.05, 4.69) is 5.32 Å². The molecule has 3 rings (SSSR count). The van der Waals surface area contributed by atoms with E-state index in [1.165, 1.54) is 0 Å². The molecule has 2 amide bonds. The fourth-order valence-corrected chi connectivity index (χ4v) is 3.09. The molecule has 0 aromatic carbocycles. The second-order valence-electron chi connectivity index (χ2n) is 8.03. The highest BCUT2D eigenvalue weighted by atomic mass is 16.6. The van der Waals surface area contributed by atoms with Crippen LogP contribution in [0.5, 0.6) is 0 Å². The van der Waals surface area contributed by atoms with Gasteiger partial charge in [-0.15, -0.1) is 0 Å². The van der Waals surface area contributed by atoms with Gasteiger partial charge < -0.3 is 20.1 Å². The maximum absolute atomic E-state index is 12.6. The Hall–Kier alpha value is -1.30. The maximum atomic E-state index is 12.6. The molecule has 0 unspecified atom stereocenters. The molecule has 0 spiro atoms. The number of carbonyl (C=O) groups excluding carboxylic acids is 2. The zero-order valence-corrected chi connectivity index (χ0v) is 13.6. The van der Waals surface area contributed by atoms with Gasteiger partial charge in [-0.2, -0.15) is 0 Å². The van der Waals surface area contributed by atoms with E-state index in [0.717, 1.165) is 25.7 Å². The van der Waals surface area contributed by atoms with Crippen molar-refractivity contribution in [3.05, 3.63) is 0 Å². The SMILES string of the molecule is CC(C)(C)OC(=O)N[C@H](C(=O)N1CC(O)(C2CC2)C1)C1CC1. The third kappa shape index (κ3) is 3.37. The summed E-state index contributed by atoms with van der Waals surface area (Å²) in [7, 11) is 0. The van der Waals surface area contributed by atoms with Crippen LogP contribution < -0.4 is 5.32 Å². The van der Waals surface area contributed by atoms with Crippen molar-refractivity contribution in [2.24, 2.45) is 11.8 Å². The first-order valence-electron chi connectivity index (χ1n) is 8.19. The molecule has 124 valence electrons. The number of hydrogen-bond acceptors (Lipinski definition) is 4. The van der Waals surface area contributed by atoms with E-state index in [1.807, 2.05) is 0 Å². The molecule has 3 aliphatic rings. The third-order valence-electron chi connectivity index (χ3n) is 4.61. The minimum absolute atomic E-state index is 0.0846. The Bertz CT molecular complexity index is 471. The third-order valence-corrected chi connectivity index (χ3v) is 4.61. The summed E-state index contributed by atoms with van der Waals surface area (Å²) < 4.78 is 5.25. The quantitative estimate of drug-likeness (QED) is 0.820. The predicted molar refractivity (Wildman–Crippen MR) is 80.1 cm³/mol. The van der Waals surface area contributed by atoms with Crippen molar-refractivity contribution in [2.75, 3.05) is 13.1 Å². The van der Waals surface area contributed by atoms with Crippen LogP contribution in [0.3, 0.4) is 0 Å². The lowest BCUT2D eigenvalue weighted by atomic mass is 9.88. The van der Waals surface area contributed by atoms with Crippen molar-refractivity contribution in [3.8, 4) is 0 Å². The van der Waals surface area contributed by atoms with E-state index >= 15 is 0 Å². The summed E-state index contributed by atoms with van der Waals surface area (Å²) in [5, 5.41) is 13.1. The van der Waals surface area contributed by atoms with E-state index in [-0.39, 0.29) is 11.8 Å². The predicted octanol–water partition coefficient (Wildman–Crippen LogP) is 1.27. The van der Waals surface area contributed by atoms with Crippen LogP contribution in [0.2, 0.25) is 0 Å². The number of nitrogens with zero attached hydrogens (tertiary/aromatic N) is 1. The standard InChI is InChI=1S/C16H26N2O4/c1-15(2,3)22-14(20)17-12(10-4-5-10)13(19)18-8-16(21,9-18)11-6-7-11/h10-12,21H,4-9H2,1-3H3,(H,17,20)/t12-/m0/s1. The number of hydrogen-bond donors (Lipinski definition) is 2. The molecule has 1 aliphatic heterocycles. The largest absolute Gasteiger partial charge is 0.444 e. The second-order valence-corrected chi connectivity index (χ2v) is 8.03. The molecule has 6 heteroatoms. The molecule has 1 saturated heterocycles. The maximum Gasteiger partial charge on any atom is 0.408 e. The monoisotopic (exact) mass is 310 g/mol. The minimum atomic E-state index is -0.685. The summed E-state index contributed by atoms with van der Waals surface area (Å²) in [6.45, 7) is 6.19. The number of nitrogens with one attached hydrogen (secondary N) is 1. The molecular formula is C16H26N2O4. The molecule has 2 N–H and O–H groups in total. The molecule has 0 radical (unpaired) electrons. The van der Waals surface area contributed by atoms with Gasteiger partial charge in [-0.3, -0.25) is 4.79 Å². The van der Waals surface area contributed by atoms with Gasteiger partial charge in [0.15, 0.2) is 0 Å². The van der Waals surface area contributed by atoms with Gasteiger partial charge in [-0.05, 0) is 58.3 Å². The van der Waals surface area contributed by atoms with Crippen LogP contribution in [-0.4, -0.2) is 52.3 Å². The van der Waals surface area contributed by atoms with Crippen LogP contribution in [0.1, 0.15) is 46.5 Å². The van der Waals surface area contributed by atoms with Crippen LogP contribution in [0.25, 0.3) is 0 Å². The first kappa shape index (κ1) is 15.6. The zero-order valence-electron chi connectivity index (χ0n) is 13.6. The van der Waals surface area contributed by atoms with Gasteiger partial charge in [-0.1, -0.05) is 0 Å². The van der Waals surface area contributed by atoms with Crippen LogP contribution in [0, 0.1) is 11.8 Å². The molecule has 1 atom stereocenters. The Morgan fingerprint density at radius 1 is 1.23 bits per heavy atom. The summed E-state index contributed by atoms with van der Waals surface area (Å²) in [4.78, 5) is 26.2. The van der Waals surface area contributed by atoms with E-state index < -0.39 is 23.3 Å². The van der Waals surface area contributed by atoms with Crippen LogP contribution in [0.4, 0.5) is 4.79 Å². The topological polar surface area (TPSA) is 78.9 Å². The number of rotatable bonds is 4. The van der Waals surface area contributed by atoms with Gasteiger partial charge in [0.2, 0.25) is 5.91 Å². The molecule has 0 aromatic rings. The van der Waals surface area contributed by atoms with Crippen molar-refractivity contribution in [1.82, 2.24) is 10.2 Å². The lowest BCUT2D eigenvalue weighted by molar-refractivity contribution is -0.161. The molecule has 2 aliphatic carbocycles. The van der Waals surface area contributed by atoms with Crippen LogP contribution in [0.15, 0.2) is 0 Å². The van der Waals surface area contributed by atoms with Crippen LogP contribution >= 0.6 is 0 Å². The Labute approximate surface area is 131 Å². The number of likely N-dealkylation sites (tertiary alicyclic amines) is 1. The highest BCUT2D eigenvalue weighted by Crippen LogP contribution is 2.45. The Morgan fingerprint density at radius 3 is 2.27 bits per heavy atom. The highest BCUT2D eigenvalue weighted by molar-refractivity contribution is 5.87. The van der Waals surface area contributed by atoms with E-state index in [1.54, 1.807) is 25.7 Å². The number of aliphatic hydroxyl groups is 1. The summed E-state index contributed by atoms with van der Waals surface area (Å²) in [6, 6.07) is -0.515. The number of amides is 2. The summed E-state index contributed by atoms with van der Waals surface area (Å²) >= 11 is 0. The van der Waals surface area contributed by atoms with Crippen molar-refractivity contribution in [1.29, 1.82) is 0 Å². The number of carbonyl (C=O) groups is 2. The first-order chi connectivity index (χ1) is 10.2. The zero-order chi connectivity index (χ0) is 16.1. The van der Waals surface area contributed by atoms with Gasteiger partial charge in [0.1, 0.15) is 17.2 Å². The van der Waals surface area contributed by atoms with Crippen molar-refractivity contribution >= 4 is 12.0 Å².